The van der Waals surface area contributed by atoms with E-state index in [2.05, 4.69) is 17.6 Å². The van der Waals surface area contributed by atoms with Crippen molar-refractivity contribution in [2.75, 3.05) is 0 Å². The Balaban J connectivity index is 2.85. The molecule has 80 valence electrons. The van der Waals surface area contributed by atoms with Gasteiger partial charge in [-0.05, 0) is 18.8 Å². The van der Waals surface area contributed by atoms with Gasteiger partial charge in [-0.2, -0.15) is 0 Å². The zero-order valence-electron chi connectivity index (χ0n) is 9.02. The van der Waals surface area contributed by atoms with Crippen LogP contribution in [0.15, 0.2) is 0 Å². The molecule has 1 fully saturated rings. The lowest BCUT2D eigenvalue weighted by molar-refractivity contribution is -0.125. The first kappa shape index (κ1) is 11.0. The molecule has 4 nitrogen and oxygen atoms in total. The van der Waals surface area contributed by atoms with E-state index in [1.54, 1.807) is 0 Å². The van der Waals surface area contributed by atoms with Crippen LogP contribution in [0.4, 0.5) is 4.79 Å². The number of hydrogen-bond donors (Lipinski definition) is 2. The minimum Gasteiger partial charge on any atom is -0.323 e. The summed E-state index contributed by atoms with van der Waals surface area (Å²) in [5.74, 6) is 0.00917. The maximum Gasteiger partial charge on any atom is 0.322 e. The smallest absolute Gasteiger partial charge is 0.322 e. The van der Waals surface area contributed by atoms with Gasteiger partial charge in [0.05, 0.1) is 0 Å². The summed E-state index contributed by atoms with van der Waals surface area (Å²) in [5.41, 5.74) is -0.674. The van der Waals surface area contributed by atoms with Crippen LogP contribution in [0.2, 0.25) is 0 Å². The highest BCUT2D eigenvalue weighted by Gasteiger charge is 2.48. The van der Waals surface area contributed by atoms with Crippen molar-refractivity contribution in [3.05, 3.63) is 0 Å². The highest BCUT2D eigenvalue weighted by molar-refractivity contribution is 6.07. The number of amides is 3. The second kappa shape index (κ2) is 3.98. The van der Waals surface area contributed by atoms with E-state index >= 15 is 0 Å². The lowest BCUT2D eigenvalue weighted by atomic mass is 9.80. The number of urea groups is 1. The summed E-state index contributed by atoms with van der Waals surface area (Å²) in [6.45, 7) is 6.02. The van der Waals surface area contributed by atoms with Crippen molar-refractivity contribution in [1.82, 2.24) is 10.6 Å². The molecule has 2 unspecified atom stereocenters. The molecule has 0 aromatic carbocycles. The quantitative estimate of drug-likeness (QED) is 0.671. The molecule has 0 aromatic heterocycles. The molecular weight excluding hydrogens is 180 g/mol. The van der Waals surface area contributed by atoms with Gasteiger partial charge in [0, 0.05) is 0 Å². The summed E-state index contributed by atoms with van der Waals surface area (Å²) in [7, 11) is 0. The number of imide groups is 1. The van der Waals surface area contributed by atoms with Gasteiger partial charge in [-0.25, -0.2) is 4.79 Å². The van der Waals surface area contributed by atoms with Gasteiger partial charge in [-0.3, -0.25) is 10.1 Å². The molecule has 0 bridgehead atoms. The van der Waals surface area contributed by atoms with Crippen molar-refractivity contribution < 1.29 is 9.59 Å². The lowest BCUT2D eigenvalue weighted by Crippen LogP contribution is -2.51. The van der Waals surface area contributed by atoms with Crippen LogP contribution in [0.25, 0.3) is 0 Å². The number of rotatable bonds is 4. The van der Waals surface area contributed by atoms with Gasteiger partial charge in [0.2, 0.25) is 0 Å². The molecule has 2 atom stereocenters. The van der Waals surface area contributed by atoms with E-state index < -0.39 is 5.54 Å². The van der Waals surface area contributed by atoms with Gasteiger partial charge in [-0.1, -0.05) is 27.2 Å². The summed E-state index contributed by atoms with van der Waals surface area (Å²) in [6, 6.07) is -0.361. The topological polar surface area (TPSA) is 58.2 Å². The fraction of sp³-hybridized carbons (Fsp3) is 0.800. The Hall–Kier alpha value is -1.06. The number of hydrogen-bond acceptors (Lipinski definition) is 2. The first-order valence-corrected chi connectivity index (χ1v) is 5.20. The summed E-state index contributed by atoms with van der Waals surface area (Å²) >= 11 is 0. The first-order chi connectivity index (χ1) is 6.56. The van der Waals surface area contributed by atoms with Crippen molar-refractivity contribution in [2.24, 2.45) is 5.92 Å². The van der Waals surface area contributed by atoms with Crippen LogP contribution < -0.4 is 10.6 Å². The Bertz CT molecular complexity index is 253. The highest BCUT2D eigenvalue weighted by atomic mass is 16.2. The van der Waals surface area contributed by atoms with Crippen LogP contribution in [-0.2, 0) is 4.79 Å². The molecule has 2 N–H and O–H groups in total. The van der Waals surface area contributed by atoms with Crippen LogP contribution in [0.1, 0.15) is 40.0 Å². The Morgan fingerprint density at radius 2 is 2.00 bits per heavy atom. The van der Waals surface area contributed by atoms with E-state index in [1.807, 2.05) is 13.8 Å². The molecule has 0 aromatic rings. The van der Waals surface area contributed by atoms with E-state index in [0.29, 0.717) is 6.42 Å². The van der Waals surface area contributed by atoms with Gasteiger partial charge < -0.3 is 5.32 Å². The summed E-state index contributed by atoms with van der Waals surface area (Å²) in [6.07, 6.45) is 2.61. The van der Waals surface area contributed by atoms with Crippen molar-refractivity contribution in [3.63, 3.8) is 0 Å². The Morgan fingerprint density at radius 1 is 1.36 bits per heavy atom. The van der Waals surface area contributed by atoms with E-state index in [1.165, 1.54) is 0 Å². The third-order valence-corrected chi connectivity index (χ3v) is 3.09. The maximum atomic E-state index is 11.7. The SMILES string of the molecule is CCCC(C)C1(CC)NC(=O)NC1=O. The first-order valence-electron chi connectivity index (χ1n) is 5.20. The molecule has 1 aliphatic rings. The largest absolute Gasteiger partial charge is 0.323 e. The summed E-state index contributed by atoms with van der Waals surface area (Å²) in [4.78, 5) is 22.8. The molecule has 0 saturated carbocycles. The molecule has 1 aliphatic heterocycles. The van der Waals surface area contributed by atoms with Gasteiger partial charge in [0.15, 0.2) is 0 Å². The van der Waals surface area contributed by atoms with Crippen LogP contribution in [0, 0.1) is 5.92 Å². The number of nitrogens with one attached hydrogen (secondary N) is 2. The molecule has 0 spiro atoms. The van der Waals surface area contributed by atoms with E-state index in [4.69, 9.17) is 0 Å². The van der Waals surface area contributed by atoms with Crippen LogP contribution >= 0.6 is 0 Å². The Kier molecular flexibility index (Phi) is 3.13. The van der Waals surface area contributed by atoms with Crippen molar-refractivity contribution in [3.8, 4) is 0 Å². The molecule has 0 aliphatic carbocycles. The highest BCUT2D eigenvalue weighted by Crippen LogP contribution is 2.28. The van der Waals surface area contributed by atoms with Crippen molar-refractivity contribution in [1.29, 1.82) is 0 Å². The monoisotopic (exact) mass is 198 g/mol. The molecule has 1 heterocycles. The zero-order valence-corrected chi connectivity index (χ0v) is 9.02. The third kappa shape index (κ3) is 1.61. The molecule has 1 saturated heterocycles. The van der Waals surface area contributed by atoms with E-state index in [9.17, 15) is 9.59 Å². The van der Waals surface area contributed by atoms with E-state index in [-0.39, 0.29) is 17.9 Å². The lowest BCUT2D eigenvalue weighted by Gasteiger charge is -2.31. The Morgan fingerprint density at radius 3 is 2.36 bits per heavy atom. The molecular formula is C10H18N2O2. The average Bonchev–Trinajstić information content (AvgIpc) is 2.42. The molecule has 4 heteroatoms. The maximum absolute atomic E-state index is 11.7. The molecule has 3 amide bonds. The van der Waals surface area contributed by atoms with Gasteiger partial charge >= 0.3 is 6.03 Å². The molecule has 1 rings (SSSR count). The summed E-state index contributed by atoms with van der Waals surface area (Å²) in [5, 5.41) is 5.06. The predicted octanol–water partition coefficient (Wildman–Crippen LogP) is 1.41. The fourth-order valence-corrected chi connectivity index (χ4v) is 2.13. The molecule has 14 heavy (non-hydrogen) atoms. The second-order valence-corrected chi connectivity index (χ2v) is 3.92. The number of carbonyl (C=O) groups excluding carboxylic acids is 2. The zero-order chi connectivity index (χ0) is 10.8. The van der Waals surface area contributed by atoms with Crippen LogP contribution in [0.3, 0.4) is 0 Å². The second-order valence-electron chi connectivity index (χ2n) is 3.92. The van der Waals surface area contributed by atoms with Gasteiger partial charge in [-0.15, -0.1) is 0 Å². The predicted molar refractivity (Wildman–Crippen MR) is 53.8 cm³/mol. The third-order valence-electron chi connectivity index (χ3n) is 3.09. The summed E-state index contributed by atoms with van der Waals surface area (Å²) < 4.78 is 0. The Labute approximate surface area is 84.4 Å². The van der Waals surface area contributed by atoms with Gasteiger partial charge in [0.1, 0.15) is 5.54 Å². The minimum absolute atomic E-state index is 0.175. The normalized spacial score (nSPS) is 28.5. The van der Waals surface area contributed by atoms with Gasteiger partial charge in [0.25, 0.3) is 5.91 Å². The fourth-order valence-electron chi connectivity index (χ4n) is 2.13. The van der Waals surface area contributed by atoms with Crippen LogP contribution in [-0.4, -0.2) is 17.5 Å². The average molecular weight is 198 g/mol. The number of carbonyl (C=O) groups is 2. The standard InChI is InChI=1S/C10H18N2O2/c1-4-6-7(3)10(5-2)8(13)11-9(14)12-10/h7H,4-6H2,1-3H3,(H2,11,12,13,14). The van der Waals surface area contributed by atoms with Crippen molar-refractivity contribution >= 4 is 11.9 Å². The minimum atomic E-state index is -0.674. The van der Waals surface area contributed by atoms with Crippen molar-refractivity contribution in [2.45, 2.75) is 45.6 Å². The molecule has 0 radical (unpaired) electrons. The van der Waals surface area contributed by atoms with Crippen LogP contribution in [0.5, 0.6) is 0 Å². The van der Waals surface area contributed by atoms with E-state index in [0.717, 1.165) is 12.8 Å².